The molecule has 0 aliphatic carbocycles. The monoisotopic (exact) mass is 173 g/mol. The molecule has 66 valence electrons. The number of pyridine rings is 1. The normalized spacial score (nSPS) is 13.1. The van der Waals surface area contributed by atoms with Crippen LogP contribution in [0, 0.1) is 0 Å². The molecule has 1 heterocycles. The molecule has 2 aromatic rings. The van der Waals surface area contributed by atoms with E-state index >= 15 is 0 Å². The third kappa shape index (κ3) is 1.40. The Kier molecular flexibility index (Phi) is 1.99. The molecule has 2 rings (SSSR count). The molecule has 0 amide bonds. The molecular weight excluding hydrogens is 162 g/mol. The van der Waals surface area contributed by atoms with Gasteiger partial charge in [0.05, 0.1) is 11.6 Å². The van der Waals surface area contributed by atoms with E-state index in [1.54, 1.807) is 13.1 Å². The zero-order valence-corrected chi connectivity index (χ0v) is 7.44. The fourth-order valence-electron chi connectivity index (χ4n) is 1.49. The molecule has 0 radical (unpaired) electrons. The smallest absolute Gasteiger partial charge is 0.0768 e. The van der Waals surface area contributed by atoms with Crippen molar-refractivity contribution < 1.29 is 5.11 Å². The van der Waals surface area contributed by atoms with E-state index < -0.39 is 6.10 Å². The van der Waals surface area contributed by atoms with Crippen molar-refractivity contribution in [1.82, 2.24) is 4.98 Å². The van der Waals surface area contributed by atoms with E-state index in [1.165, 1.54) is 0 Å². The molecule has 0 saturated heterocycles. The molecule has 13 heavy (non-hydrogen) atoms. The van der Waals surface area contributed by atoms with Crippen LogP contribution < -0.4 is 0 Å². The topological polar surface area (TPSA) is 33.1 Å². The average Bonchev–Trinajstić information content (AvgIpc) is 2.17. The fourth-order valence-corrected chi connectivity index (χ4v) is 1.49. The third-order valence-corrected chi connectivity index (χ3v) is 2.13. The molecule has 1 N–H and O–H groups in total. The molecule has 1 aromatic carbocycles. The summed E-state index contributed by atoms with van der Waals surface area (Å²) in [5.41, 5.74) is 1.87. The SMILES string of the molecule is C[C@@H](O)c1cccc2ncccc12. The Labute approximate surface area is 76.9 Å². The summed E-state index contributed by atoms with van der Waals surface area (Å²) in [6.07, 6.45) is 1.32. The maximum atomic E-state index is 9.49. The van der Waals surface area contributed by atoms with Gasteiger partial charge < -0.3 is 5.11 Å². The van der Waals surface area contributed by atoms with Crippen molar-refractivity contribution in [3.05, 3.63) is 42.1 Å². The van der Waals surface area contributed by atoms with Gasteiger partial charge in [-0.2, -0.15) is 0 Å². The van der Waals surface area contributed by atoms with Gasteiger partial charge in [-0.05, 0) is 24.6 Å². The molecule has 0 aliphatic rings. The molecule has 1 aromatic heterocycles. The lowest BCUT2D eigenvalue weighted by Crippen LogP contribution is -1.92. The second-order valence-corrected chi connectivity index (χ2v) is 3.09. The van der Waals surface area contributed by atoms with Gasteiger partial charge in [0.25, 0.3) is 0 Å². The highest BCUT2D eigenvalue weighted by Crippen LogP contribution is 2.21. The lowest BCUT2D eigenvalue weighted by Gasteiger charge is -2.07. The summed E-state index contributed by atoms with van der Waals surface area (Å²) in [7, 11) is 0. The number of aromatic nitrogens is 1. The van der Waals surface area contributed by atoms with Gasteiger partial charge in [-0.1, -0.05) is 18.2 Å². The molecular formula is C11H11NO. The largest absolute Gasteiger partial charge is 0.389 e. The molecule has 0 spiro atoms. The highest BCUT2D eigenvalue weighted by atomic mass is 16.3. The number of fused-ring (bicyclic) bond motifs is 1. The van der Waals surface area contributed by atoms with Crippen LogP contribution in [0.3, 0.4) is 0 Å². The van der Waals surface area contributed by atoms with Gasteiger partial charge in [0.1, 0.15) is 0 Å². The van der Waals surface area contributed by atoms with Crippen molar-refractivity contribution in [2.45, 2.75) is 13.0 Å². The van der Waals surface area contributed by atoms with Gasteiger partial charge in [-0.15, -0.1) is 0 Å². The van der Waals surface area contributed by atoms with Crippen LogP contribution in [0.1, 0.15) is 18.6 Å². The maximum absolute atomic E-state index is 9.49. The Hall–Kier alpha value is -1.41. The number of aliphatic hydroxyl groups is 1. The summed E-state index contributed by atoms with van der Waals surface area (Å²) in [5, 5.41) is 10.5. The van der Waals surface area contributed by atoms with E-state index in [0.717, 1.165) is 16.5 Å². The number of nitrogens with zero attached hydrogens (tertiary/aromatic N) is 1. The molecule has 0 bridgehead atoms. The second-order valence-electron chi connectivity index (χ2n) is 3.09. The summed E-state index contributed by atoms with van der Waals surface area (Å²) in [4.78, 5) is 4.21. The summed E-state index contributed by atoms with van der Waals surface area (Å²) >= 11 is 0. The van der Waals surface area contributed by atoms with Crippen LogP contribution in [0.4, 0.5) is 0 Å². The van der Waals surface area contributed by atoms with Crippen LogP contribution >= 0.6 is 0 Å². The van der Waals surface area contributed by atoms with Crippen molar-refractivity contribution in [3.63, 3.8) is 0 Å². The summed E-state index contributed by atoms with van der Waals surface area (Å²) in [6.45, 7) is 1.77. The quantitative estimate of drug-likeness (QED) is 0.717. The van der Waals surface area contributed by atoms with Crippen LogP contribution in [0.15, 0.2) is 36.5 Å². The Bertz CT molecular complexity index is 418. The van der Waals surface area contributed by atoms with Crippen molar-refractivity contribution in [2.24, 2.45) is 0 Å². The predicted molar refractivity (Wildman–Crippen MR) is 52.4 cm³/mol. The minimum absolute atomic E-state index is 0.437. The van der Waals surface area contributed by atoms with Crippen LogP contribution in [-0.4, -0.2) is 10.1 Å². The van der Waals surface area contributed by atoms with Gasteiger partial charge in [-0.25, -0.2) is 0 Å². The van der Waals surface area contributed by atoms with Gasteiger partial charge in [-0.3, -0.25) is 4.98 Å². The molecule has 2 heteroatoms. The Morgan fingerprint density at radius 2 is 2.08 bits per heavy atom. The Balaban J connectivity index is 2.76. The zero-order valence-electron chi connectivity index (χ0n) is 7.44. The van der Waals surface area contributed by atoms with Crippen LogP contribution in [0.2, 0.25) is 0 Å². The molecule has 1 atom stereocenters. The molecule has 0 aliphatic heterocycles. The number of rotatable bonds is 1. The lowest BCUT2D eigenvalue weighted by molar-refractivity contribution is 0.201. The Morgan fingerprint density at radius 1 is 1.23 bits per heavy atom. The van der Waals surface area contributed by atoms with E-state index in [1.807, 2.05) is 30.3 Å². The molecule has 0 saturated carbocycles. The number of hydrogen-bond donors (Lipinski definition) is 1. The number of benzene rings is 1. The maximum Gasteiger partial charge on any atom is 0.0768 e. The first-order valence-corrected chi connectivity index (χ1v) is 4.31. The third-order valence-electron chi connectivity index (χ3n) is 2.13. The number of hydrogen-bond acceptors (Lipinski definition) is 2. The summed E-state index contributed by atoms with van der Waals surface area (Å²) < 4.78 is 0. The predicted octanol–water partition coefficient (Wildman–Crippen LogP) is 2.29. The van der Waals surface area contributed by atoms with E-state index in [4.69, 9.17) is 0 Å². The summed E-state index contributed by atoms with van der Waals surface area (Å²) in [5.74, 6) is 0. The van der Waals surface area contributed by atoms with Crippen molar-refractivity contribution >= 4 is 10.9 Å². The highest BCUT2D eigenvalue weighted by molar-refractivity contribution is 5.82. The average molecular weight is 173 g/mol. The van der Waals surface area contributed by atoms with Crippen molar-refractivity contribution in [3.8, 4) is 0 Å². The fraction of sp³-hybridized carbons (Fsp3) is 0.182. The van der Waals surface area contributed by atoms with E-state index in [9.17, 15) is 5.11 Å². The minimum Gasteiger partial charge on any atom is -0.389 e. The molecule has 0 fully saturated rings. The first-order chi connectivity index (χ1) is 6.29. The van der Waals surface area contributed by atoms with Gasteiger partial charge >= 0.3 is 0 Å². The van der Waals surface area contributed by atoms with Crippen molar-refractivity contribution in [1.29, 1.82) is 0 Å². The van der Waals surface area contributed by atoms with Gasteiger partial charge in [0.15, 0.2) is 0 Å². The first-order valence-electron chi connectivity index (χ1n) is 4.31. The standard InChI is InChI=1S/C11H11NO/c1-8(13)9-4-2-6-11-10(9)5-3-7-12-11/h2-8,13H,1H3/t8-/m1/s1. The zero-order chi connectivity index (χ0) is 9.26. The minimum atomic E-state index is -0.437. The second kappa shape index (κ2) is 3.15. The van der Waals surface area contributed by atoms with Crippen LogP contribution in [-0.2, 0) is 0 Å². The van der Waals surface area contributed by atoms with Gasteiger partial charge in [0.2, 0.25) is 0 Å². The first kappa shape index (κ1) is 8.20. The lowest BCUT2D eigenvalue weighted by atomic mass is 10.0. The van der Waals surface area contributed by atoms with Crippen LogP contribution in [0.5, 0.6) is 0 Å². The summed E-state index contributed by atoms with van der Waals surface area (Å²) in [6, 6.07) is 9.64. The highest BCUT2D eigenvalue weighted by Gasteiger charge is 2.04. The van der Waals surface area contributed by atoms with E-state index in [-0.39, 0.29) is 0 Å². The van der Waals surface area contributed by atoms with E-state index in [0.29, 0.717) is 0 Å². The van der Waals surface area contributed by atoms with Crippen molar-refractivity contribution in [2.75, 3.05) is 0 Å². The van der Waals surface area contributed by atoms with E-state index in [2.05, 4.69) is 4.98 Å². The molecule has 2 nitrogen and oxygen atoms in total. The van der Waals surface area contributed by atoms with Crippen LogP contribution in [0.25, 0.3) is 10.9 Å². The van der Waals surface area contributed by atoms with Gasteiger partial charge in [0, 0.05) is 11.6 Å². The Morgan fingerprint density at radius 3 is 2.85 bits per heavy atom. The molecule has 0 unspecified atom stereocenters. The number of aliphatic hydroxyl groups excluding tert-OH is 1.